The Hall–Kier alpha value is -2.69. The largest absolute Gasteiger partial charge is 0.327 e. The fourth-order valence-corrected chi connectivity index (χ4v) is 4.93. The average Bonchev–Trinajstić information content (AvgIpc) is 2.75. The fourth-order valence-electron chi connectivity index (χ4n) is 4.93. The first-order valence-corrected chi connectivity index (χ1v) is 11.4. The van der Waals surface area contributed by atoms with Crippen LogP contribution >= 0.6 is 0 Å². The van der Waals surface area contributed by atoms with Crippen LogP contribution in [-0.4, -0.2) is 29.3 Å². The molecule has 172 valence electrons. The molecule has 0 aromatic heterocycles. The van der Waals surface area contributed by atoms with Gasteiger partial charge in [-0.2, -0.15) is 0 Å². The molecule has 0 bridgehead atoms. The number of halogens is 1. The van der Waals surface area contributed by atoms with Crippen LogP contribution in [0.2, 0.25) is 0 Å². The number of benzene rings is 2. The highest BCUT2D eigenvalue weighted by atomic mass is 19.1. The van der Waals surface area contributed by atoms with Crippen LogP contribution < -0.4 is 5.32 Å². The number of carbonyl (C=O) groups is 2. The molecule has 4 nitrogen and oxygen atoms in total. The molecule has 1 saturated carbocycles. The van der Waals surface area contributed by atoms with Gasteiger partial charge in [-0.25, -0.2) is 4.39 Å². The van der Waals surface area contributed by atoms with Crippen molar-refractivity contribution >= 4 is 17.5 Å². The van der Waals surface area contributed by atoms with Gasteiger partial charge in [-0.3, -0.25) is 9.59 Å². The Morgan fingerprint density at radius 2 is 1.56 bits per heavy atom. The third-order valence-electron chi connectivity index (χ3n) is 7.23. The molecular formula is C27H35FN2O2. The second-order valence-corrected chi connectivity index (χ2v) is 10.2. The van der Waals surface area contributed by atoms with E-state index in [0.29, 0.717) is 18.8 Å². The molecule has 0 aliphatic heterocycles. The Labute approximate surface area is 191 Å². The van der Waals surface area contributed by atoms with Crippen molar-refractivity contribution in [3.05, 3.63) is 65.0 Å². The molecule has 2 aromatic rings. The van der Waals surface area contributed by atoms with E-state index in [1.165, 1.54) is 17.0 Å². The number of aryl methyl sites for hydroxylation is 2. The molecule has 2 aromatic carbocycles. The molecule has 1 aliphatic carbocycles. The van der Waals surface area contributed by atoms with Crippen LogP contribution in [-0.2, 0) is 4.79 Å². The molecule has 1 fully saturated rings. The third-order valence-corrected chi connectivity index (χ3v) is 7.23. The van der Waals surface area contributed by atoms with Gasteiger partial charge in [0.15, 0.2) is 0 Å². The third kappa shape index (κ3) is 4.57. The summed E-state index contributed by atoms with van der Waals surface area (Å²) in [7, 11) is 1.64. The van der Waals surface area contributed by atoms with Crippen molar-refractivity contribution in [2.24, 2.45) is 11.3 Å². The quantitative estimate of drug-likeness (QED) is 0.624. The van der Waals surface area contributed by atoms with Crippen LogP contribution in [0.1, 0.15) is 67.9 Å². The first-order chi connectivity index (χ1) is 15.0. The lowest BCUT2D eigenvalue weighted by Crippen LogP contribution is -2.59. The van der Waals surface area contributed by atoms with Gasteiger partial charge in [0.2, 0.25) is 5.91 Å². The molecule has 0 heterocycles. The van der Waals surface area contributed by atoms with Crippen molar-refractivity contribution in [2.45, 2.75) is 65.8 Å². The summed E-state index contributed by atoms with van der Waals surface area (Å²) in [5, 5.41) is 3.12. The molecule has 1 aliphatic rings. The summed E-state index contributed by atoms with van der Waals surface area (Å²) in [5.41, 5.74) is 1.81. The van der Waals surface area contributed by atoms with Crippen LogP contribution in [0.15, 0.2) is 42.5 Å². The van der Waals surface area contributed by atoms with Gasteiger partial charge in [-0.1, -0.05) is 51.1 Å². The van der Waals surface area contributed by atoms with Crippen molar-refractivity contribution in [3.63, 3.8) is 0 Å². The summed E-state index contributed by atoms with van der Waals surface area (Å²) in [6, 6.07) is 11.8. The number of nitrogens with zero attached hydrogens (tertiary/aromatic N) is 1. The Balaban J connectivity index is 1.97. The maximum atomic E-state index is 14.4. The minimum absolute atomic E-state index is 0.00723. The molecule has 2 amide bonds. The smallest absolute Gasteiger partial charge is 0.257 e. The lowest BCUT2D eigenvalue weighted by Gasteiger charge is -2.47. The van der Waals surface area contributed by atoms with Crippen LogP contribution in [0.25, 0.3) is 0 Å². The number of rotatable bonds is 4. The summed E-state index contributed by atoms with van der Waals surface area (Å²) in [6.07, 6.45) is 2.75. The van der Waals surface area contributed by atoms with Gasteiger partial charge < -0.3 is 10.2 Å². The van der Waals surface area contributed by atoms with Crippen LogP contribution in [0.4, 0.5) is 10.1 Å². The molecular weight excluding hydrogens is 403 g/mol. The van der Waals surface area contributed by atoms with Crippen LogP contribution in [0.5, 0.6) is 0 Å². The number of hydrogen-bond acceptors (Lipinski definition) is 2. The minimum atomic E-state index is -1.03. The first kappa shape index (κ1) is 24.0. The fraction of sp³-hybridized carbons (Fsp3) is 0.481. The highest BCUT2D eigenvalue weighted by molar-refractivity contribution is 6.04. The zero-order valence-corrected chi connectivity index (χ0v) is 20.1. The number of amides is 2. The first-order valence-electron chi connectivity index (χ1n) is 11.4. The molecule has 0 spiro atoms. The topological polar surface area (TPSA) is 49.4 Å². The van der Waals surface area contributed by atoms with E-state index in [0.717, 1.165) is 29.7 Å². The molecule has 0 unspecified atom stereocenters. The highest BCUT2D eigenvalue weighted by Crippen LogP contribution is 2.44. The Kier molecular flexibility index (Phi) is 6.77. The number of carbonyl (C=O) groups excluding carboxylic acids is 2. The molecule has 0 atom stereocenters. The molecule has 5 heteroatoms. The zero-order valence-electron chi connectivity index (χ0n) is 20.1. The number of likely N-dealkylation sites (N-methyl/N-ethyl adjacent to an activating group) is 1. The van der Waals surface area contributed by atoms with E-state index < -0.39 is 17.3 Å². The lowest BCUT2D eigenvalue weighted by atomic mass is 9.66. The predicted octanol–water partition coefficient (Wildman–Crippen LogP) is 6.13. The van der Waals surface area contributed by atoms with Gasteiger partial charge in [0.1, 0.15) is 11.4 Å². The zero-order chi connectivity index (χ0) is 23.7. The molecule has 0 radical (unpaired) electrons. The Morgan fingerprint density at radius 1 is 1.00 bits per heavy atom. The van der Waals surface area contributed by atoms with E-state index >= 15 is 0 Å². The van der Waals surface area contributed by atoms with Gasteiger partial charge in [0.25, 0.3) is 5.91 Å². The Bertz CT molecular complexity index is 981. The highest BCUT2D eigenvalue weighted by Gasteiger charge is 2.49. The van der Waals surface area contributed by atoms with E-state index in [-0.39, 0.29) is 16.9 Å². The SMILES string of the molecule is Cc1cccc(C)c1NC(=O)C1(N(C)C(=O)c2ccccc2F)CCC(C(C)(C)C)CC1. The normalized spacial score (nSPS) is 21.2. The summed E-state index contributed by atoms with van der Waals surface area (Å²) < 4.78 is 14.4. The summed E-state index contributed by atoms with van der Waals surface area (Å²) >= 11 is 0. The van der Waals surface area contributed by atoms with Crippen molar-refractivity contribution in [1.29, 1.82) is 0 Å². The maximum absolute atomic E-state index is 14.4. The van der Waals surface area contributed by atoms with Gasteiger partial charge in [0, 0.05) is 12.7 Å². The van der Waals surface area contributed by atoms with Crippen LogP contribution in [0, 0.1) is 31.0 Å². The van der Waals surface area contributed by atoms with E-state index in [1.54, 1.807) is 19.2 Å². The van der Waals surface area contributed by atoms with Gasteiger partial charge in [-0.15, -0.1) is 0 Å². The van der Waals surface area contributed by atoms with Crippen molar-refractivity contribution in [3.8, 4) is 0 Å². The average molecular weight is 439 g/mol. The monoisotopic (exact) mass is 438 g/mol. The predicted molar refractivity (Wildman–Crippen MR) is 127 cm³/mol. The molecule has 3 rings (SSSR count). The van der Waals surface area contributed by atoms with Crippen molar-refractivity contribution in [2.75, 3.05) is 12.4 Å². The van der Waals surface area contributed by atoms with E-state index in [9.17, 15) is 14.0 Å². The van der Waals surface area contributed by atoms with Crippen molar-refractivity contribution in [1.82, 2.24) is 4.90 Å². The van der Waals surface area contributed by atoms with Gasteiger partial charge in [-0.05, 0) is 74.1 Å². The second kappa shape index (κ2) is 9.05. The molecule has 32 heavy (non-hydrogen) atoms. The Morgan fingerprint density at radius 3 is 2.09 bits per heavy atom. The molecule has 0 saturated heterocycles. The molecule has 1 N–H and O–H groups in total. The van der Waals surface area contributed by atoms with E-state index in [4.69, 9.17) is 0 Å². The second-order valence-electron chi connectivity index (χ2n) is 10.2. The summed E-state index contributed by atoms with van der Waals surface area (Å²) in [4.78, 5) is 28.6. The van der Waals surface area contributed by atoms with Gasteiger partial charge in [0.05, 0.1) is 5.56 Å². The summed E-state index contributed by atoms with van der Waals surface area (Å²) in [6.45, 7) is 10.6. The number of anilines is 1. The summed E-state index contributed by atoms with van der Waals surface area (Å²) in [5.74, 6) is -0.776. The van der Waals surface area contributed by atoms with Crippen molar-refractivity contribution < 1.29 is 14.0 Å². The maximum Gasteiger partial charge on any atom is 0.257 e. The van der Waals surface area contributed by atoms with E-state index in [2.05, 4.69) is 26.1 Å². The minimum Gasteiger partial charge on any atom is -0.327 e. The lowest BCUT2D eigenvalue weighted by molar-refractivity contribution is -0.129. The number of para-hydroxylation sites is 1. The standard InChI is InChI=1S/C27H35FN2O2/c1-18-10-9-11-19(2)23(18)29-25(32)27(16-14-20(15-17-27)26(3,4)5)30(6)24(31)21-12-7-8-13-22(21)28/h7-13,20H,14-17H2,1-6H3,(H,29,32). The van der Waals surface area contributed by atoms with E-state index in [1.807, 2.05) is 32.0 Å². The number of nitrogens with one attached hydrogen (secondary N) is 1. The number of hydrogen-bond donors (Lipinski definition) is 1. The van der Waals surface area contributed by atoms with Crippen LogP contribution in [0.3, 0.4) is 0 Å². The van der Waals surface area contributed by atoms with Gasteiger partial charge >= 0.3 is 0 Å².